The number of fused-ring (bicyclic) bond motifs is 4. The molecule has 0 saturated carbocycles. The van der Waals surface area contributed by atoms with Crippen molar-refractivity contribution in [3.63, 3.8) is 0 Å². The zero-order chi connectivity index (χ0) is 21.7. The van der Waals surface area contributed by atoms with Crippen LogP contribution in [-0.4, -0.2) is 19.5 Å². The molecule has 0 bridgehead atoms. The van der Waals surface area contributed by atoms with Crippen molar-refractivity contribution in [1.82, 2.24) is 19.5 Å². The molecule has 0 amide bonds. The number of nitrogens with one attached hydrogen (secondary N) is 1. The summed E-state index contributed by atoms with van der Waals surface area (Å²) in [6.07, 6.45) is 3.82. The minimum atomic E-state index is -1.63. The van der Waals surface area contributed by atoms with Crippen LogP contribution in [0.1, 0.15) is 11.7 Å². The van der Waals surface area contributed by atoms with E-state index in [0.29, 0.717) is 5.56 Å². The van der Waals surface area contributed by atoms with Gasteiger partial charge in [-0.25, -0.2) is 9.37 Å². The van der Waals surface area contributed by atoms with E-state index in [2.05, 4.69) is 51.4 Å². The SMILES string of the molecule is N#CC(F)c1ccc(-n2cnc3cnc4ccc(-c5ccc6[nH]ccc6c5)cc4c32)cc1. The lowest BCUT2D eigenvalue weighted by atomic mass is 10.0. The molecule has 6 heteroatoms. The first-order valence-corrected chi connectivity index (χ1v) is 10.2. The molecule has 0 spiro atoms. The highest BCUT2D eigenvalue weighted by Gasteiger charge is 2.13. The standard InChI is InChI=1S/C26H16FN5/c27-22(13-28)16-1-5-20(6-2-16)32-15-31-25-14-30-24-8-4-18(12-21(24)26(25)32)17-3-7-23-19(11-17)9-10-29-23/h1-12,14-15,22,29H. The molecule has 1 atom stereocenters. The predicted octanol–water partition coefficient (Wildman–Crippen LogP) is 6.26. The molecular formula is C26H16FN5. The van der Waals surface area contributed by atoms with Gasteiger partial charge in [0.25, 0.3) is 0 Å². The lowest BCUT2D eigenvalue weighted by molar-refractivity contribution is 0.424. The van der Waals surface area contributed by atoms with Crippen LogP contribution in [0.15, 0.2) is 85.5 Å². The highest BCUT2D eigenvalue weighted by atomic mass is 19.1. The van der Waals surface area contributed by atoms with Crippen LogP contribution < -0.4 is 0 Å². The number of aromatic amines is 1. The maximum atomic E-state index is 13.7. The first-order chi connectivity index (χ1) is 15.7. The van der Waals surface area contributed by atoms with Crippen molar-refractivity contribution >= 4 is 32.8 Å². The molecule has 0 fully saturated rings. The second kappa shape index (κ2) is 7.03. The van der Waals surface area contributed by atoms with Crippen LogP contribution in [0.4, 0.5) is 4.39 Å². The Kier molecular flexibility index (Phi) is 4.02. The molecule has 5 nitrogen and oxygen atoms in total. The van der Waals surface area contributed by atoms with Gasteiger partial charge in [-0.05, 0) is 59.0 Å². The Bertz CT molecular complexity index is 1650. The maximum Gasteiger partial charge on any atom is 0.211 e. The van der Waals surface area contributed by atoms with Crippen LogP contribution in [0.25, 0.3) is 49.7 Å². The van der Waals surface area contributed by atoms with Crippen LogP contribution in [0, 0.1) is 11.3 Å². The zero-order valence-electron chi connectivity index (χ0n) is 16.8. The van der Waals surface area contributed by atoms with Gasteiger partial charge in [0.1, 0.15) is 17.9 Å². The Labute approximate surface area is 182 Å². The number of H-pyrrole nitrogens is 1. The lowest BCUT2D eigenvalue weighted by Crippen LogP contribution is -1.95. The van der Waals surface area contributed by atoms with Crippen LogP contribution in [-0.2, 0) is 0 Å². The summed E-state index contributed by atoms with van der Waals surface area (Å²) in [5.41, 5.74) is 7.08. The smallest absolute Gasteiger partial charge is 0.211 e. The van der Waals surface area contributed by atoms with Crippen LogP contribution >= 0.6 is 0 Å². The van der Waals surface area contributed by atoms with Gasteiger partial charge in [-0.3, -0.25) is 9.55 Å². The number of aromatic nitrogens is 4. The summed E-state index contributed by atoms with van der Waals surface area (Å²) in [5.74, 6) is 0. The van der Waals surface area contributed by atoms with Crippen molar-refractivity contribution in [2.24, 2.45) is 0 Å². The number of nitriles is 1. The second-order valence-corrected chi connectivity index (χ2v) is 7.70. The fourth-order valence-corrected chi connectivity index (χ4v) is 4.18. The number of hydrogen-bond donors (Lipinski definition) is 1. The fraction of sp³-hybridized carbons (Fsp3) is 0.0385. The van der Waals surface area contributed by atoms with Crippen molar-refractivity contribution in [3.8, 4) is 22.9 Å². The zero-order valence-corrected chi connectivity index (χ0v) is 16.8. The molecule has 0 aliphatic rings. The van der Waals surface area contributed by atoms with E-state index in [9.17, 15) is 4.39 Å². The summed E-state index contributed by atoms with van der Waals surface area (Å²) in [6, 6.07) is 23.1. The Balaban J connectivity index is 1.53. The molecule has 1 N–H and O–H groups in total. The van der Waals surface area contributed by atoms with Gasteiger partial charge in [0.2, 0.25) is 6.17 Å². The van der Waals surface area contributed by atoms with Gasteiger partial charge in [-0.2, -0.15) is 5.26 Å². The third-order valence-corrected chi connectivity index (χ3v) is 5.84. The van der Waals surface area contributed by atoms with E-state index < -0.39 is 6.17 Å². The Morgan fingerprint density at radius 3 is 2.56 bits per heavy atom. The van der Waals surface area contributed by atoms with Crippen molar-refractivity contribution in [2.75, 3.05) is 0 Å². The molecule has 0 aliphatic carbocycles. The summed E-state index contributed by atoms with van der Waals surface area (Å²) in [4.78, 5) is 12.3. The van der Waals surface area contributed by atoms with Gasteiger partial charge >= 0.3 is 0 Å². The van der Waals surface area contributed by atoms with E-state index in [1.807, 2.05) is 16.8 Å². The minimum absolute atomic E-state index is 0.342. The third-order valence-electron chi connectivity index (χ3n) is 5.84. The average Bonchev–Trinajstić information content (AvgIpc) is 3.50. The normalized spacial score (nSPS) is 12.4. The van der Waals surface area contributed by atoms with E-state index in [0.717, 1.165) is 49.7 Å². The minimum Gasteiger partial charge on any atom is -0.361 e. The highest BCUT2D eigenvalue weighted by Crippen LogP contribution is 2.31. The molecule has 3 aromatic heterocycles. The van der Waals surface area contributed by atoms with Crippen molar-refractivity contribution < 1.29 is 4.39 Å². The molecule has 0 radical (unpaired) electrons. The number of benzene rings is 3. The van der Waals surface area contributed by atoms with Gasteiger partial charge in [-0.15, -0.1) is 0 Å². The molecule has 152 valence electrons. The molecular weight excluding hydrogens is 401 g/mol. The molecule has 6 rings (SSSR count). The number of imidazole rings is 1. The molecule has 3 aromatic carbocycles. The predicted molar refractivity (Wildman–Crippen MR) is 123 cm³/mol. The molecule has 0 aliphatic heterocycles. The molecule has 6 aromatic rings. The first kappa shape index (κ1) is 18.3. The van der Waals surface area contributed by atoms with Crippen LogP contribution in [0.5, 0.6) is 0 Å². The van der Waals surface area contributed by atoms with Gasteiger partial charge in [0.05, 0.1) is 17.2 Å². The third kappa shape index (κ3) is 2.83. The first-order valence-electron chi connectivity index (χ1n) is 10.2. The quantitative estimate of drug-likeness (QED) is 0.370. The van der Waals surface area contributed by atoms with Crippen LogP contribution in [0.2, 0.25) is 0 Å². The number of halogens is 1. The second-order valence-electron chi connectivity index (χ2n) is 7.70. The molecule has 1 unspecified atom stereocenters. The summed E-state index contributed by atoms with van der Waals surface area (Å²) in [5, 5.41) is 11.0. The summed E-state index contributed by atoms with van der Waals surface area (Å²) < 4.78 is 15.7. The summed E-state index contributed by atoms with van der Waals surface area (Å²) in [6.45, 7) is 0. The van der Waals surface area contributed by atoms with Gasteiger partial charge < -0.3 is 4.98 Å². The molecule has 32 heavy (non-hydrogen) atoms. The average molecular weight is 417 g/mol. The summed E-state index contributed by atoms with van der Waals surface area (Å²) >= 11 is 0. The number of hydrogen-bond acceptors (Lipinski definition) is 3. The highest BCUT2D eigenvalue weighted by molar-refractivity contribution is 6.04. The fourth-order valence-electron chi connectivity index (χ4n) is 4.18. The van der Waals surface area contributed by atoms with Crippen LogP contribution in [0.3, 0.4) is 0 Å². The lowest BCUT2D eigenvalue weighted by Gasteiger charge is -2.09. The van der Waals surface area contributed by atoms with Gasteiger partial charge in [0, 0.05) is 28.4 Å². The number of alkyl halides is 1. The Morgan fingerprint density at radius 1 is 0.906 bits per heavy atom. The number of nitrogens with zero attached hydrogens (tertiary/aromatic N) is 4. The Hall–Kier alpha value is -4.50. The monoisotopic (exact) mass is 417 g/mol. The molecule has 3 heterocycles. The van der Waals surface area contributed by atoms with Crippen molar-refractivity contribution in [3.05, 3.63) is 91.0 Å². The van der Waals surface area contributed by atoms with Gasteiger partial charge in [0.15, 0.2) is 0 Å². The molecule has 0 saturated heterocycles. The summed E-state index contributed by atoms with van der Waals surface area (Å²) in [7, 11) is 0. The van der Waals surface area contributed by atoms with Gasteiger partial charge in [-0.1, -0.05) is 24.3 Å². The van der Waals surface area contributed by atoms with Crippen molar-refractivity contribution in [2.45, 2.75) is 6.17 Å². The van der Waals surface area contributed by atoms with E-state index in [1.54, 1.807) is 42.9 Å². The van der Waals surface area contributed by atoms with E-state index >= 15 is 0 Å². The maximum absolute atomic E-state index is 13.7. The topological polar surface area (TPSA) is 70.3 Å². The van der Waals surface area contributed by atoms with E-state index in [-0.39, 0.29) is 0 Å². The van der Waals surface area contributed by atoms with E-state index in [4.69, 9.17) is 5.26 Å². The largest absolute Gasteiger partial charge is 0.361 e. The Morgan fingerprint density at radius 2 is 1.72 bits per heavy atom. The number of rotatable bonds is 3. The van der Waals surface area contributed by atoms with E-state index in [1.165, 1.54) is 0 Å². The number of pyridine rings is 1. The van der Waals surface area contributed by atoms with Crippen molar-refractivity contribution in [1.29, 1.82) is 5.26 Å².